The smallest absolute Gasteiger partial charge is 0.00996 e. The normalized spacial score (nSPS) is 8.57. The van der Waals surface area contributed by atoms with Crippen molar-refractivity contribution in [1.82, 2.24) is 5.01 Å². The van der Waals surface area contributed by atoms with Gasteiger partial charge in [0.1, 0.15) is 0 Å². The molecule has 0 atom stereocenters. The molecule has 0 radical (unpaired) electrons. The zero-order chi connectivity index (χ0) is 4.99. The Kier molecular flexibility index (Phi) is 8.47. The second-order valence-electron chi connectivity index (χ2n) is 1.22. The van der Waals surface area contributed by atoms with Gasteiger partial charge in [-0.15, -0.1) is 0 Å². The minimum atomic E-state index is 0. The van der Waals surface area contributed by atoms with Crippen molar-refractivity contribution in [3.8, 4) is 0 Å². The van der Waals surface area contributed by atoms with Gasteiger partial charge >= 0.3 is 0 Å². The molecule has 0 aromatic rings. The van der Waals surface area contributed by atoms with Crippen LogP contribution in [0.15, 0.2) is 0 Å². The maximum atomic E-state index is 5.31. The van der Waals surface area contributed by atoms with Crippen molar-refractivity contribution < 1.29 is 0 Å². The Bertz CT molecular complexity index is 25.3. The number of hydrazine groups is 1. The molecular weight excluding hydrogens is 88.1 g/mol. The lowest BCUT2D eigenvalue weighted by molar-refractivity contribution is 0.316. The van der Waals surface area contributed by atoms with Gasteiger partial charge in [-0.2, -0.15) is 0 Å². The van der Waals surface area contributed by atoms with E-state index < -0.39 is 0 Å². The lowest BCUT2D eigenvalue weighted by Gasteiger charge is -2.07. The standard InChI is InChI=1S/C4H12N2.CH4/c1-3-6(5)4-2;/h3-5H2,1-2H3;1H4. The predicted octanol–water partition coefficient (Wildman–Crippen LogP) is 0.838. The fraction of sp³-hybridized carbons (Fsp3) is 1.00. The topological polar surface area (TPSA) is 29.3 Å². The van der Waals surface area contributed by atoms with Gasteiger partial charge in [-0.3, -0.25) is 5.84 Å². The first-order valence-corrected chi connectivity index (χ1v) is 2.30. The van der Waals surface area contributed by atoms with E-state index in [2.05, 4.69) is 0 Å². The van der Waals surface area contributed by atoms with Gasteiger partial charge in [-0.05, 0) is 0 Å². The van der Waals surface area contributed by atoms with E-state index in [0.29, 0.717) is 0 Å². The largest absolute Gasteiger partial charge is 0.269 e. The molecule has 2 nitrogen and oxygen atoms in total. The average molecular weight is 104 g/mol. The first-order chi connectivity index (χ1) is 2.81. The van der Waals surface area contributed by atoms with E-state index in [1.807, 2.05) is 13.8 Å². The van der Waals surface area contributed by atoms with Gasteiger partial charge in [0.2, 0.25) is 0 Å². The molecule has 0 bridgehead atoms. The molecule has 0 aliphatic rings. The number of hydrogen-bond donors (Lipinski definition) is 1. The number of hydrogen-bond acceptors (Lipinski definition) is 2. The van der Waals surface area contributed by atoms with Crippen LogP contribution in [-0.4, -0.2) is 18.1 Å². The SMILES string of the molecule is C.CCN(N)CC. The van der Waals surface area contributed by atoms with Crippen LogP contribution in [-0.2, 0) is 0 Å². The third-order valence-corrected chi connectivity index (χ3v) is 0.812. The van der Waals surface area contributed by atoms with Crippen molar-refractivity contribution in [3.05, 3.63) is 0 Å². The molecular formula is C5H16N2. The van der Waals surface area contributed by atoms with E-state index in [1.54, 1.807) is 5.01 Å². The summed E-state index contributed by atoms with van der Waals surface area (Å²) in [7, 11) is 0. The van der Waals surface area contributed by atoms with Gasteiger partial charge in [0.05, 0.1) is 0 Å². The van der Waals surface area contributed by atoms with E-state index >= 15 is 0 Å². The second-order valence-corrected chi connectivity index (χ2v) is 1.22. The average Bonchev–Trinajstić information content (AvgIpc) is 1.65. The van der Waals surface area contributed by atoms with Gasteiger partial charge in [0, 0.05) is 13.1 Å². The summed E-state index contributed by atoms with van der Waals surface area (Å²) in [6.07, 6.45) is 0. The molecule has 0 aromatic heterocycles. The highest BCUT2D eigenvalue weighted by Crippen LogP contribution is 1.68. The Morgan fingerprint density at radius 3 is 1.57 bits per heavy atom. The van der Waals surface area contributed by atoms with Crippen LogP contribution >= 0.6 is 0 Å². The van der Waals surface area contributed by atoms with Crippen molar-refractivity contribution in [3.63, 3.8) is 0 Å². The van der Waals surface area contributed by atoms with Gasteiger partial charge in [-0.25, -0.2) is 5.01 Å². The fourth-order valence-electron chi connectivity index (χ4n) is 0.224. The van der Waals surface area contributed by atoms with Crippen LogP contribution < -0.4 is 5.84 Å². The van der Waals surface area contributed by atoms with E-state index in [-0.39, 0.29) is 7.43 Å². The van der Waals surface area contributed by atoms with Gasteiger partial charge in [-0.1, -0.05) is 21.3 Å². The zero-order valence-electron chi connectivity index (χ0n) is 4.44. The van der Waals surface area contributed by atoms with E-state index in [1.165, 1.54) is 0 Å². The Hall–Kier alpha value is -0.0800. The lowest BCUT2D eigenvalue weighted by Crippen LogP contribution is -2.29. The van der Waals surface area contributed by atoms with Crippen molar-refractivity contribution in [2.75, 3.05) is 13.1 Å². The van der Waals surface area contributed by atoms with E-state index in [9.17, 15) is 0 Å². The molecule has 0 aromatic carbocycles. The van der Waals surface area contributed by atoms with Crippen LogP contribution in [0.2, 0.25) is 0 Å². The van der Waals surface area contributed by atoms with Crippen molar-refractivity contribution >= 4 is 0 Å². The van der Waals surface area contributed by atoms with Crippen molar-refractivity contribution in [2.24, 2.45) is 5.84 Å². The molecule has 0 saturated heterocycles. The van der Waals surface area contributed by atoms with Crippen LogP contribution in [0.3, 0.4) is 0 Å². The molecule has 0 rings (SSSR count). The number of rotatable bonds is 2. The molecule has 0 fully saturated rings. The minimum absolute atomic E-state index is 0. The highest BCUT2D eigenvalue weighted by Gasteiger charge is 1.82. The summed E-state index contributed by atoms with van der Waals surface area (Å²) in [6, 6.07) is 0. The molecule has 0 amide bonds. The molecule has 2 heteroatoms. The highest BCUT2D eigenvalue weighted by molar-refractivity contribution is 4.32. The Balaban J connectivity index is 0. The summed E-state index contributed by atoms with van der Waals surface area (Å²) >= 11 is 0. The van der Waals surface area contributed by atoms with Crippen molar-refractivity contribution in [2.45, 2.75) is 21.3 Å². The third kappa shape index (κ3) is 5.92. The number of nitrogens with zero attached hydrogens (tertiary/aromatic N) is 1. The Labute approximate surface area is 46.3 Å². The van der Waals surface area contributed by atoms with Crippen LogP contribution in [0.4, 0.5) is 0 Å². The van der Waals surface area contributed by atoms with Gasteiger partial charge < -0.3 is 0 Å². The summed E-state index contributed by atoms with van der Waals surface area (Å²) in [5, 5.41) is 1.75. The summed E-state index contributed by atoms with van der Waals surface area (Å²) in [4.78, 5) is 0. The fourth-order valence-corrected chi connectivity index (χ4v) is 0.224. The highest BCUT2D eigenvalue weighted by atomic mass is 15.4. The summed E-state index contributed by atoms with van der Waals surface area (Å²) in [5.41, 5.74) is 0. The second kappa shape index (κ2) is 5.92. The molecule has 0 spiro atoms. The predicted molar refractivity (Wildman–Crippen MR) is 33.8 cm³/mol. The molecule has 46 valence electrons. The Morgan fingerprint density at radius 2 is 1.57 bits per heavy atom. The minimum Gasteiger partial charge on any atom is -0.269 e. The third-order valence-electron chi connectivity index (χ3n) is 0.812. The molecule has 0 aliphatic heterocycles. The molecule has 0 heterocycles. The monoisotopic (exact) mass is 104 g/mol. The maximum absolute atomic E-state index is 5.31. The van der Waals surface area contributed by atoms with Gasteiger partial charge in [0.25, 0.3) is 0 Å². The number of nitrogens with two attached hydrogens (primary N) is 1. The van der Waals surface area contributed by atoms with Crippen LogP contribution in [0.5, 0.6) is 0 Å². The summed E-state index contributed by atoms with van der Waals surface area (Å²) in [6.45, 7) is 5.94. The maximum Gasteiger partial charge on any atom is 0.00996 e. The van der Waals surface area contributed by atoms with Crippen molar-refractivity contribution in [1.29, 1.82) is 0 Å². The van der Waals surface area contributed by atoms with E-state index in [4.69, 9.17) is 5.84 Å². The van der Waals surface area contributed by atoms with Gasteiger partial charge in [0.15, 0.2) is 0 Å². The molecule has 0 saturated carbocycles. The molecule has 7 heavy (non-hydrogen) atoms. The van der Waals surface area contributed by atoms with Crippen LogP contribution in [0, 0.1) is 0 Å². The van der Waals surface area contributed by atoms with E-state index in [0.717, 1.165) is 13.1 Å². The first-order valence-electron chi connectivity index (χ1n) is 2.30. The first kappa shape index (κ1) is 10.0. The molecule has 2 N–H and O–H groups in total. The van der Waals surface area contributed by atoms with Crippen LogP contribution in [0.25, 0.3) is 0 Å². The summed E-state index contributed by atoms with van der Waals surface area (Å²) < 4.78 is 0. The van der Waals surface area contributed by atoms with Crippen LogP contribution in [0.1, 0.15) is 21.3 Å². The quantitative estimate of drug-likeness (QED) is 0.415. The summed E-state index contributed by atoms with van der Waals surface area (Å²) in [5.74, 6) is 5.31. The molecule has 0 aliphatic carbocycles. The zero-order valence-corrected chi connectivity index (χ0v) is 4.44. The molecule has 0 unspecified atom stereocenters. The lowest BCUT2D eigenvalue weighted by atomic mass is 10.6. The Morgan fingerprint density at radius 1 is 1.29 bits per heavy atom.